The second kappa shape index (κ2) is 6.41. The molecule has 0 saturated heterocycles. The topological polar surface area (TPSA) is 71.0 Å². The van der Waals surface area contributed by atoms with E-state index in [9.17, 15) is 9.50 Å². The van der Waals surface area contributed by atoms with Crippen LogP contribution in [0.1, 0.15) is 25.0 Å². The number of rotatable bonds is 5. The summed E-state index contributed by atoms with van der Waals surface area (Å²) < 4.78 is 19.5. The summed E-state index contributed by atoms with van der Waals surface area (Å²) in [5.41, 5.74) is 1.37. The number of pyridine rings is 1. The van der Waals surface area contributed by atoms with Crippen LogP contribution in [0.25, 0.3) is 11.4 Å². The standard InChI is InChI=1S/C18H18FN3O2/c1-18(2,23)14-9-12(3-5-15(14)19)11-24-13-4-6-16(20-10-13)17-7-8-21-22-17/h3-10,23H,11H2,1-2H3,(H,21,22). The summed E-state index contributed by atoms with van der Waals surface area (Å²) in [6.07, 6.45) is 3.28. The van der Waals surface area contributed by atoms with E-state index in [0.29, 0.717) is 5.75 Å². The number of aliphatic hydroxyl groups is 1. The van der Waals surface area contributed by atoms with Gasteiger partial charge in [-0.25, -0.2) is 4.39 Å². The maximum absolute atomic E-state index is 13.8. The molecule has 0 radical (unpaired) electrons. The Morgan fingerprint density at radius 1 is 1.21 bits per heavy atom. The zero-order chi connectivity index (χ0) is 17.2. The molecule has 0 aliphatic heterocycles. The minimum absolute atomic E-state index is 0.247. The third-order valence-corrected chi connectivity index (χ3v) is 3.61. The van der Waals surface area contributed by atoms with Gasteiger partial charge in [0, 0.05) is 11.8 Å². The Morgan fingerprint density at radius 2 is 2.04 bits per heavy atom. The van der Waals surface area contributed by atoms with Crippen LogP contribution >= 0.6 is 0 Å². The van der Waals surface area contributed by atoms with Crippen LogP contribution in [0.4, 0.5) is 4.39 Å². The van der Waals surface area contributed by atoms with E-state index in [1.165, 1.54) is 6.07 Å². The molecule has 0 bridgehead atoms. The van der Waals surface area contributed by atoms with Crippen molar-refractivity contribution in [3.63, 3.8) is 0 Å². The number of aromatic nitrogens is 3. The third kappa shape index (κ3) is 3.60. The number of ether oxygens (including phenoxy) is 1. The van der Waals surface area contributed by atoms with Crippen molar-refractivity contribution in [1.82, 2.24) is 15.2 Å². The highest BCUT2D eigenvalue weighted by Crippen LogP contribution is 2.24. The maximum atomic E-state index is 13.8. The van der Waals surface area contributed by atoms with Crippen molar-refractivity contribution >= 4 is 0 Å². The van der Waals surface area contributed by atoms with Gasteiger partial charge >= 0.3 is 0 Å². The monoisotopic (exact) mass is 327 g/mol. The highest BCUT2D eigenvalue weighted by molar-refractivity contribution is 5.53. The molecule has 0 amide bonds. The molecule has 0 fully saturated rings. The molecule has 0 atom stereocenters. The summed E-state index contributed by atoms with van der Waals surface area (Å²) in [5.74, 6) is 0.171. The lowest BCUT2D eigenvalue weighted by molar-refractivity contribution is 0.0743. The summed E-state index contributed by atoms with van der Waals surface area (Å²) in [7, 11) is 0. The number of nitrogens with zero attached hydrogens (tertiary/aromatic N) is 2. The molecule has 0 aliphatic carbocycles. The predicted molar refractivity (Wildman–Crippen MR) is 87.8 cm³/mol. The van der Waals surface area contributed by atoms with Gasteiger partial charge in [-0.05, 0) is 49.7 Å². The van der Waals surface area contributed by atoms with Crippen LogP contribution in [0.2, 0.25) is 0 Å². The molecule has 2 heterocycles. The molecule has 2 aromatic heterocycles. The molecule has 0 aliphatic rings. The Hall–Kier alpha value is -2.73. The number of aromatic amines is 1. The largest absolute Gasteiger partial charge is 0.487 e. The van der Waals surface area contributed by atoms with Crippen LogP contribution in [0.5, 0.6) is 5.75 Å². The van der Waals surface area contributed by atoms with Crippen molar-refractivity contribution in [3.8, 4) is 17.1 Å². The smallest absolute Gasteiger partial charge is 0.138 e. The minimum Gasteiger partial charge on any atom is -0.487 e. The molecule has 0 unspecified atom stereocenters. The van der Waals surface area contributed by atoms with Crippen molar-refractivity contribution in [2.45, 2.75) is 26.1 Å². The molecular weight excluding hydrogens is 309 g/mol. The van der Waals surface area contributed by atoms with E-state index in [-0.39, 0.29) is 12.2 Å². The van der Waals surface area contributed by atoms with Gasteiger partial charge in [-0.15, -0.1) is 0 Å². The lowest BCUT2D eigenvalue weighted by Crippen LogP contribution is -2.18. The highest BCUT2D eigenvalue weighted by Gasteiger charge is 2.20. The number of benzene rings is 1. The number of nitrogens with one attached hydrogen (secondary N) is 1. The van der Waals surface area contributed by atoms with E-state index >= 15 is 0 Å². The highest BCUT2D eigenvalue weighted by atomic mass is 19.1. The number of hydrogen-bond donors (Lipinski definition) is 2. The van der Waals surface area contributed by atoms with Gasteiger partial charge in [0.2, 0.25) is 0 Å². The van der Waals surface area contributed by atoms with Crippen LogP contribution in [-0.2, 0) is 12.2 Å². The molecule has 124 valence electrons. The maximum Gasteiger partial charge on any atom is 0.138 e. The first-order chi connectivity index (χ1) is 11.4. The fraction of sp³-hybridized carbons (Fsp3) is 0.222. The minimum atomic E-state index is -1.24. The molecule has 2 N–H and O–H groups in total. The second-order valence-electron chi connectivity index (χ2n) is 6.01. The van der Waals surface area contributed by atoms with Gasteiger partial charge in [-0.3, -0.25) is 10.1 Å². The Balaban J connectivity index is 1.70. The molecular formula is C18H18FN3O2. The fourth-order valence-corrected chi connectivity index (χ4v) is 2.32. The van der Waals surface area contributed by atoms with Gasteiger partial charge in [0.1, 0.15) is 18.2 Å². The zero-order valence-electron chi connectivity index (χ0n) is 13.5. The van der Waals surface area contributed by atoms with E-state index in [1.807, 2.05) is 18.2 Å². The zero-order valence-corrected chi connectivity index (χ0v) is 13.5. The predicted octanol–water partition coefficient (Wildman–Crippen LogP) is 3.42. The molecule has 3 aromatic rings. The summed E-state index contributed by atoms with van der Waals surface area (Å²) in [6, 6.07) is 10.1. The Kier molecular flexibility index (Phi) is 4.31. The van der Waals surface area contributed by atoms with E-state index in [0.717, 1.165) is 17.0 Å². The quantitative estimate of drug-likeness (QED) is 0.753. The van der Waals surface area contributed by atoms with E-state index in [4.69, 9.17) is 4.74 Å². The first kappa shape index (κ1) is 16.1. The number of H-pyrrole nitrogens is 1. The Morgan fingerprint density at radius 3 is 2.67 bits per heavy atom. The van der Waals surface area contributed by atoms with Crippen molar-refractivity contribution in [2.24, 2.45) is 0 Å². The normalized spacial score (nSPS) is 11.5. The van der Waals surface area contributed by atoms with Gasteiger partial charge in [-0.2, -0.15) is 5.10 Å². The second-order valence-corrected chi connectivity index (χ2v) is 6.01. The third-order valence-electron chi connectivity index (χ3n) is 3.61. The summed E-state index contributed by atoms with van der Waals surface area (Å²) in [4.78, 5) is 4.31. The van der Waals surface area contributed by atoms with Gasteiger partial charge in [-0.1, -0.05) is 6.07 Å². The van der Waals surface area contributed by atoms with E-state index in [2.05, 4.69) is 15.2 Å². The summed E-state index contributed by atoms with van der Waals surface area (Å²) in [5, 5.41) is 16.7. The van der Waals surface area contributed by atoms with E-state index in [1.54, 1.807) is 38.4 Å². The fourth-order valence-electron chi connectivity index (χ4n) is 2.32. The van der Waals surface area contributed by atoms with E-state index < -0.39 is 11.4 Å². The van der Waals surface area contributed by atoms with Gasteiger partial charge in [0.15, 0.2) is 0 Å². The Labute approximate surface area is 139 Å². The van der Waals surface area contributed by atoms with Gasteiger partial charge in [0.05, 0.1) is 23.2 Å². The molecule has 5 nitrogen and oxygen atoms in total. The van der Waals surface area contributed by atoms with Crippen molar-refractivity contribution in [1.29, 1.82) is 0 Å². The molecule has 0 saturated carbocycles. The first-order valence-electron chi connectivity index (χ1n) is 7.53. The van der Waals surface area contributed by atoms with Crippen LogP contribution in [0.15, 0.2) is 48.8 Å². The molecule has 3 rings (SSSR count). The van der Waals surface area contributed by atoms with Crippen LogP contribution in [0.3, 0.4) is 0 Å². The van der Waals surface area contributed by atoms with Crippen LogP contribution in [0, 0.1) is 5.82 Å². The van der Waals surface area contributed by atoms with Crippen molar-refractivity contribution in [3.05, 3.63) is 65.7 Å². The van der Waals surface area contributed by atoms with Gasteiger partial charge < -0.3 is 9.84 Å². The van der Waals surface area contributed by atoms with Crippen LogP contribution in [-0.4, -0.2) is 20.3 Å². The van der Waals surface area contributed by atoms with Gasteiger partial charge in [0.25, 0.3) is 0 Å². The SMILES string of the molecule is CC(C)(O)c1cc(COc2ccc(-c3ccn[nH]3)nc2)ccc1F. The van der Waals surface area contributed by atoms with Crippen LogP contribution < -0.4 is 4.74 Å². The molecule has 1 aromatic carbocycles. The first-order valence-corrected chi connectivity index (χ1v) is 7.53. The summed E-state index contributed by atoms with van der Waals surface area (Å²) >= 11 is 0. The van der Waals surface area contributed by atoms with Crippen molar-refractivity contribution < 1.29 is 14.2 Å². The molecule has 6 heteroatoms. The number of halogens is 1. The number of hydrogen-bond acceptors (Lipinski definition) is 4. The summed E-state index contributed by atoms with van der Waals surface area (Å²) in [6.45, 7) is 3.36. The van der Waals surface area contributed by atoms with Crippen molar-refractivity contribution in [2.75, 3.05) is 0 Å². The lowest BCUT2D eigenvalue weighted by Gasteiger charge is -2.19. The lowest BCUT2D eigenvalue weighted by atomic mass is 9.96. The average Bonchev–Trinajstić information content (AvgIpc) is 3.08. The molecule has 0 spiro atoms. The Bertz CT molecular complexity index is 809. The molecule has 24 heavy (non-hydrogen) atoms. The average molecular weight is 327 g/mol.